The number of hydrogen-bond acceptors (Lipinski definition) is 1. The zero-order chi connectivity index (χ0) is 11.9. The molecule has 16 heavy (non-hydrogen) atoms. The average molecular weight is 225 g/mol. The maximum Gasteiger partial charge on any atom is 0.00104 e. The first-order chi connectivity index (χ1) is 7.75. The van der Waals surface area contributed by atoms with E-state index < -0.39 is 0 Å². The van der Waals surface area contributed by atoms with E-state index in [0.717, 1.165) is 5.92 Å². The summed E-state index contributed by atoms with van der Waals surface area (Å²) in [5.74, 6) is 0.905. The molecule has 1 saturated carbocycles. The molecule has 0 amide bonds. The fourth-order valence-corrected chi connectivity index (χ4v) is 3.35. The second-order valence-electron chi connectivity index (χ2n) is 5.79. The van der Waals surface area contributed by atoms with E-state index in [1.807, 2.05) is 0 Å². The molecule has 1 heteroatoms. The third-order valence-electron chi connectivity index (χ3n) is 4.52. The van der Waals surface area contributed by atoms with Crippen molar-refractivity contribution < 1.29 is 0 Å². The lowest BCUT2D eigenvalue weighted by atomic mass is 9.65. The first-order valence-corrected chi connectivity index (χ1v) is 7.46. The Hall–Kier alpha value is -0.0400. The monoisotopic (exact) mass is 225 g/mol. The zero-order valence-corrected chi connectivity index (χ0v) is 11.6. The summed E-state index contributed by atoms with van der Waals surface area (Å²) >= 11 is 0. The molecule has 1 nitrogen and oxygen atoms in total. The SMILES string of the molecule is CCCNCC1(C(C)CCC)CCCCC1. The molecule has 0 heterocycles. The molecule has 1 aliphatic carbocycles. The highest BCUT2D eigenvalue weighted by molar-refractivity contribution is 4.88. The van der Waals surface area contributed by atoms with Crippen LogP contribution in [-0.2, 0) is 0 Å². The molecule has 0 saturated heterocycles. The lowest BCUT2D eigenvalue weighted by Gasteiger charge is -2.43. The maximum atomic E-state index is 3.68. The van der Waals surface area contributed by atoms with E-state index in [0.29, 0.717) is 5.41 Å². The van der Waals surface area contributed by atoms with Crippen LogP contribution < -0.4 is 5.32 Å². The summed E-state index contributed by atoms with van der Waals surface area (Å²) in [5, 5.41) is 3.68. The summed E-state index contributed by atoms with van der Waals surface area (Å²) in [6.07, 6.45) is 11.3. The minimum atomic E-state index is 0.628. The Morgan fingerprint density at radius 3 is 2.31 bits per heavy atom. The van der Waals surface area contributed by atoms with Gasteiger partial charge in [0.1, 0.15) is 0 Å². The van der Waals surface area contributed by atoms with Crippen LogP contribution in [0.1, 0.15) is 72.1 Å². The van der Waals surface area contributed by atoms with Crippen LogP contribution in [0.15, 0.2) is 0 Å². The molecule has 0 aromatic rings. The smallest absolute Gasteiger partial charge is 0.00104 e. The van der Waals surface area contributed by atoms with Gasteiger partial charge in [-0.2, -0.15) is 0 Å². The van der Waals surface area contributed by atoms with Crippen LogP contribution in [0.4, 0.5) is 0 Å². The predicted molar refractivity (Wildman–Crippen MR) is 72.8 cm³/mol. The molecular formula is C15H31N. The minimum Gasteiger partial charge on any atom is -0.316 e. The third kappa shape index (κ3) is 3.76. The van der Waals surface area contributed by atoms with Gasteiger partial charge < -0.3 is 5.32 Å². The van der Waals surface area contributed by atoms with Crippen molar-refractivity contribution in [1.29, 1.82) is 0 Å². The van der Waals surface area contributed by atoms with Crippen molar-refractivity contribution >= 4 is 0 Å². The Labute approximate surface area is 102 Å². The van der Waals surface area contributed by atoms with E-state index in [-0.39, 0.29) is 0 Å². The van der Waals surface area contributed by atoms with Gasteiger partial charge in [0, 0.05) is 6.54 Å². The Bertz CT molecular complexity index is 170. The molecule has 1 fully saturated rings. The second kappa shape index (κ2) is 7.32. The molecule has 0 spiro atoms. The van der Waals surface area contributed by atoms with Gasteiger partial charge in [-0.1, -0.05) is 52.9 Å². The molecule has 0 aromatic heterocycles. The van der Waals surface area contributed by atoms with Crippen LogP contribution in [-0.4, -0.2) is 13.1 Å². The quantitative estimate of drug-likeness (QED) is 0.634. The number of hydrogen-bond donors (Lipinski definition) is 1. The fourth-order valence-electron chi connectivity index (χ4n) is 3.35. The molecular weight excluding hydrogens is 194 g/mol. The van der Waals surface area contributed by atoms with E-state index in [1.165, 1.54) is 64.5 Å². The van der Waals surface area contributed by atoms with Gasteiger partial charge in [0.2, 0.25) is 0 Å². The largest absolute Gasteiger partial charge is 0.316 e. The minimum absolute atomic E-state index is 0.628. The first kappa shape index (κ1) is 14.0. The van der Waals surface area contributed by atoms with E-state index in [4.69, 9.17) is 0 Å². The van der Waals surface area contributed by atoms with Gasteiger partial charge in [-0.3, -0.25) is 0 Å². The molecule has 1 aliphatic rings. The summed E-state index contributed by atoms with van der Waals surface area (Å²) in [4.78, 5) is 0. The fraction of sp³-hybridized carbons (Fsp3) is 1.00. The van der Waals surface area contributed by atoms with Crippen molar-refractivity contribution in [3.05, 3.63) is 0 Å². The van der Waals surface area contributed by atoms with Crippen molar-refractivity contribution in [2.24, 2.45) is 11.3 Å². The number of rotatable bonds is 7. The van der Waals surface area contributed by atoms with E-state index in [9.17, 15) is 0 Å². The van der Waals surface area contributed by atoms with Crippen LogP contribution in [0.25, 0.3) is 0 Å². The highest BCUT2D eigenvalue weighted by Crippen LogP contribution is 2.43. The molecule has 1 unspecified atom stereocenters. The topological polar surface area (TPSA) is 12.0 Å². The van der Waals surface area contributed by atoms with Gasteiger partial charge in [0.15, 0.2) is 0 Å². The predicted octanol–water partition coefficient (Wildman–Crippen LogP) is 4.37. The van der Waals surface area contributed by atoms with Gasteiger partial charge in [-0.25, -0.2) is 0 Å². The Kier molecular flexibility index (Phi) is 6.41. The highest BCUT2D eigenvalue weighted by Gasteiger charge is 2.36. The van der Waals surface area contributed by atoms with E-state index in [2.05, 4.69) is 26.1 Å². The molecule has 1 atom stereocenters. The summed E-state index contributed by atoms with van der Waals surface area (Å²) in [5.41, 5.74) is 0.628. The summed E-state index contributed by atoms with van der Waals surface area (Å²) < 4.78 is 0. The van der Waals surface area contributed by atoms with Gasteiger partial charge in [0.05, 0.1) is 0 Å². The molecule has 0 radical (unpaired) electrons. The highest BCUT2D eigenvalue weighted by atomic mass is 14.9. The van der Waals surface area contributed by atoms with Crippen molar-refractivity contribution in [3.8, 4) is 0 Å². The third-order valence-corrected chi connectivity index (χ3v) is 4.52. The zero-order valence-electron chi connectivity index (χ0n) is 11.6. The van der Waals surface area contributed by atoms with Crippen LogP contribution >= 0.6 is 0 Å². The van der Waals surface area contributed by atoms with Gasteiger partial charge >= 0.3 is 0 Å². The maximum absolute atomic E-state index is 3.68. The van der Waals surface area contributed by atoms with Gasteiger partial charge in [-0.05, 0) is 37.1 Å². The van der Waals surface area contributed by atoms with Crippen molar-refractivity contribution in [2.45, 2.75) is 72.1 Å². The van der Waals surface area contributed by atoms with E-state index >= 15 is 0 Å². The lowest BCUT2D eigenvalue weighted by molar-refractivity contribution is 0.0979. The first-order valence-electron chi connectivity index (χ1n) is 7.46. The molecule has 1 rings (SSSR count). The Morgan fingerprint density at radius 1 is 1.06 bits per heavy atom. The van der Waals surface area contributed by atoms with E-state index in [1.54, 1.807) is 0 Å². The normalized spacial score (nSPS) is 21.9. The van der Waals surface area contributed by atoms with Crippen LogP contribution in [0.3, 0.4) is 0 Å². The second-order valence-corrected chi connectivity index (χ2v) is 5.79. The summed E-state index contributed by atoms with van der Waals surface area (Å²) in [6.45, 7) is 9.54. The Balaban J connectivity index is 2.52. The van der Waals surface area contributed by atoms with Crippen LogP contribution in [0, 0.1) is 11.3 Å². The summed E-state index contributed by atoms with van der Waals surface area (Å²) in [7, 11) is 0. The van der Waals surface area contributed by atoms with Crippen LogP contribution in [0.5, 0.6) is 0 Å². The summed E-state index contributed by atoms with van der Waals surface area (Å²) in [6, 6.07) is 0. The van der Waals surface area contributed by atoms with Gasteiger partial charge in [-0.15, -0.1) is 0 Å². The molecule has 0 bridgehead atoms. The van der Waals surface area contributed by atoms with Crippen molar-refractivity contribution in [1.82, 2.24) is 5.32 Å². The van der Waals surface area contributed by atoms with Crippen molar-refractivity contribution in [3.63, 3.8) is 0 Å². The Morgan fingerprint density at radius 2 is 1.75 bits per heavy atom. The average Bonchev–Trinajstić information content (AvgIpc) is 2.31. The van der Waals surface area contributed by atoms with Crippen molar-refractivity contribution in [2.75, 3.05) is 13.1 Å². The molecule has 0 aliphatic heterocycles. The molecule has 0 aromatic carbocycles. The molecule has 1 N–H and O–H groups in total. The lowest BCUT2D eigenvalue weighted by Crippen LogP contribution is -2.41. The molecule has 96 valence electrons. The van der Waals surface area contributed by atoms with Crippen LogP contribution in [0.2, 0.25) is 0 Å². The standard InChI is InChI=1S/C15H31N/c1-4-9-14(3)15(13-16-12-5-2)10-7-6-8-11-15/h14,16H,4-13H2,1-3H3. The van der Waals surface area contributed by atoms with Gasteiger partial charge in [0.25, 0.3) is 0 Å². The number of nitrogens with one attached hydrogen (secondary N) is 1.